The molecular weight excluding hydrogens is 391 g/mol. The van der Waals surface area contributed by atoms with E-state index in [1.165, 1.54) is 12.1 Å². The van der Waals surface area contributed by atoms with Crippen molar-refractivity contribution in [1.82, 2.24) is 0 Å². The first-order valence-corrected chi connectivity index (χ1v) is 9.03. The third-order valence-corrected chi connectivity index (χ3v) is 4.76. The topological polar surface area (TPSA) is 58.9 Å². The van der Waals surface area contributed by atoms with Crippen molar-refractivity contribution < 1.29 is 37.1 Å². The quantitative estimate of drug-likeness (QED) is 0.591. The van der Waals surface area contributed by atoms with Gasteiger partial charge in [-0.1, -0.05) is 6.08 Å². The van der Waals surface area contributed by atoms with Crippen LogP contribution in [0.1, 0.15) is 24.8 Å². The Bertz CT molecular complexity index is 898. The Hall–Kier alpha value is -2.20. The molecule has 2 aliphatic rings. The zero-order valence-electron chi connectivity index (χ0n) is 15.4. The van der Waals surface area contributed by atoms with Crippen LogP contribution in [-0.2, 0) is 9.47 Å². The Morgan fingerprint density at radius 3 is 2.03 bits per heavy atom. The van der Waals surface area contributed by atoms with Gasteiger partial charge in [-0.3, -0.25) is 0 Å². The molecule has 2 aromatic carbocycles. The smallest absolute Gasteiger partial charge is 0.423 e. The maximum atomic E-state index is 13.7. The van der Waals surface area contributed by atoms with Crippen molar-refractivity contribution in [3.8, 4) is 0 Å². The Labute approximate surface area is 165 Å². The van der Waals surface area contributed by atoms with Crippen LogP contribution >= 0.6 is 0 Å². The van der Waals surface area contributed by atoms with Gasteiger partial charge in [-0.2, -0.15) is 0 Å². The van der Waals surface area contributed by atoms with Gasteiger partial charge in [0.15, 0.2) is 5.79 Å². The van der Waals surface area contributed by atoms with Crippen LogP contribution in [-0.4, -0.2) is 36.2 Å². The molecule has 1 aliphatic heterocycles. The summed E-state index contributed by atoms with van der Waals surface area (Å²) in [6, 6.07) is 6.02. The maximum absolute atomic E-state index is 13.7. The van der Waals surface area contributed by atoms with Gasteiger partial charge in [-0.05, 0) is 48.4 Å². The number of hydrogen-bond acceptors (Lipinski definition) is 4. The summed E-state index contributed by atoms with van der Waals surface area (Å²) in [6.45, 7) is 1.22. The molecule has 1 heterocycles. The van der Waals surface area contributed by atoms with E-state index in [-0.39, 0.29) is 5.82 Å². The Kier molecular flexibility index (Phi) is 6.74. The Morgan fingerprint density at radius 1 is 0.862 bits per heavy atom. The molecule has 2 aromatic rings. The first-order valence-electron chi connectivity index (χ1n) is 9.03. The fourth-order valence-electron chi connectivity index (χ4n) is 3.27. The van der Waals surface area contributed by atoms with Gasteiger partial charge < -0.3 is 19.5 Å². The normalized spacial score (nSPS) is 17.5. The second kappa shape index (κ2) is 9.08. The second-order valence-electron chi connectivity index (χ2n) is 6.70. The molecule has 1 fully saturated rings. The molecule has 0 bridgehead atoms. The third kappa shape index (κ3) is 5.24. The maximum Gasteiger partial charge on any atom is 0.491 e. The molecule has 9 heteroatoms. The molecule has 0 radical (unpaired) electrons. The van der Waals surface area contributed by atoms with Gasteiger partial charge in [0, 0.05) is 23.9 Å². The van der Waals surface area contributed by atoms with Gasteiger partial charge >= 0.3 is 7.12 Å². The Balaban J connectivity index is 0.000000188. The first kappa shape index (κ1) is 21.5. The van der Waals surface area contributed by atoms with Crippen LogP contribution in [0.4, 0.5) is 17.6 Å². The molecular formula is C20H19BF4O4. The van der Waals surface area contributed by atoms with Crippen molar-refractivity contribution in [2.75, 3.05) is 13.2 Å². The highest BCUT2D eigenvalue weighted by Gasteiger charge is 2.37. The summed E-state index contributed by atoms with van der Waals surface area (Å²) in [5.74, 6) is -2.85. The molecule has 0 atom stereocenters. The van der Waals surface area contributed by atoms with Crippen LogP contribution in [0.5, 0.6) is 0 Å². The van der Waals surface area contributed by atoms with Crippen LogP contribution < -0.4 is 5.46 Å². The molecule has 0 saturated carbocycles. The number of hydrogen-bond donors (Lipinski definition) is 2. The molecule has 4 rings (SSSR count). The van der Waals surface area contributed by atoms with Crippen molar-refractivity contribution in [1.29, 1.82) is 0 Å². The molecule has 2 N–H and O–H groups in total. The summed E-state index contributed by atoms with van der Waals surface area (Å²) < 4.78 is 62.8. The van der Waals surface area contributed by atoms with Crippen molar-refractivity contribution >= 4 is 18.2 Å². The minimum atomic E-state index is -1.97. The van der Waals surface area contributed by atoms with E-state index in [9.17, 15) is 17.6 Å². The van der Waals surface area contributed by atoms with Crippen molar-refractivity contribution in [3.63, 3.8) is 0 Å². The third-order valence-electron chi connectivity index (χ3n) is 4.76. The molecule has 0 amide bonds. The van der Waals surface area contributed by atoms with E-state index in [4.69, 9.17) is 19.5 Å². The zero-order chi connectivity index (χ0) is 21.0. The van der Waals surface area contributed by atoms with E-state index >= 15 is 0 Å². The van der Waals surface area contributed by atoms with E-state index in [1.807, 2.05) is 6.08 Å². The standard InChI is InChI=1S/C14H14F2O2.C6H5BF2O2/c15-11-1-2-13(16)12(9-11)10-3-5-14(6-4-10)17-7-8-18-14;8-4-1-2-6(9)5(3-4)7(10)11/h1-3,9H,4-8H2;1-3,10-11H. The van der Waals surface area contributed by atoms with E-state index < -0.39 is 35.8 Å². The summed E-state index contributed by atoms with van der Waals surface area (Å²) in [7, 11) is -1.97. The first-order chi connectivity index (χ1) is 13.8. The molecule has 1 saturated heterocycles. The van der Waals surface area contributed by atoms with Gasteiger partial charge in [0.05, 0.1) is 13.2 Å². The zero-order valence-corrected chi connectivity index (χ0v) is 15.4. The summed E-state index contributed by atoms with van der Waals surface area (Å²) in [5.41, 5.74) is 0.726. The summed E-state index contributed by atoms with van der Waals surface area (Å²) in [4.78, 5) is 0. The van der Waals surface area contributed by atoms with Crippen molar-refractivity contribution in [3.05, 3.63) is 71.3 Å². The largest absolute Gasteiger partial charge is 0.491 e. The van der Waals surface area contributed by atoms with Crippen LogP contribution in [0.3, 0.4) is 0 Å². The number of halogens is 4. The van der Waals surface area contributed by atoms with E-state index in [1.54, 1.807) is 0 Å². The van der Waals surface area contributed by atoms with Crippen LogP contribution in [0.25, 0.3) is 5.57 Å². The van der Waals surface area contributed by atoms with Crippen molar-refractivity contribution in [2.45, 2.75) is 25.0 Å². The molecule has 29 heavy (non-hydrogen) atoms. The Morgan fingerprint density at radius 2 is 1.48 bits per heavy atom. The van der Waals surface area contributed by atoms with E-state index in [0.717, 1.165) is 29.8 Å². The molecule has 0 unspecified atom stereocenters. The van der Waals surface area contributed by atoms with E-state index in [0.29, 0.717) is 38.0 Å². The lowest BCUT2D eigenvalue weighted by molar-refractivity contribution is -0.159. The highest BCUT2D eigenvalue weighted by Crippen LogP contribution is 2.38. The SMILES string of the molecule is Fc1ccc(F)c(C2=CCC3(CC2)OCCO3)c1.OB(O)c1cc(F)ccc1F. The van der Waals surface area contributed by atoms with Crippen LogP contribution in [0.15, 0.2) is 42.5 Å². The van der Waals surface area contributed by atoms with Gasteiger partial charge in [0.2, 0.25) is 0 Å². The fraction of sp³-hybridized carbons (Fsp3) is 0.300. The van der Waals surface area contributed by atoms with Crippen molar-refractivity contribution in [2.24, 2.45) is 0 Å². The van der Waals surface area contributed by atoms with Crippen LogP contribution in [0, 0.1) is 23.3 Å². The minimum absolute atomic E-state index is 0.350. The van der Waals surface area contributed by atoms with Gasteiger partial charge in [-0.25, -0.2) is 17.6 Å². The number of ether oxygens (including phenoxy) is 2. The number of rotatable bonds is 2. The summed E-state index contributed by atoms with van der Waals surface area (Å²) in [5, 5.41) is 17.0. The molecule has 154 valence electrons. The van der Waals surface area contributed by atoms with E-state index in [2.05, 4.69) is 0 Å². The monoisotopic (exact) mass is 410 g/mol. The molecule has 1 aliphatic carbocycles. The van der Waals surface area contributed by atoms with Gasteiger partial charge in [-0.15, -0.1) is 0 Å². The fourth-order valence-corrected chi connectivity index (χ4v) is 3.27. The lowest BCUT2D eigenvalue weighted by atomic mass is 9.80. The average Bonchev–Trinajstić information content (AvgIpc) is 3.15. The summed E-state index contributed by atoms with van der Waals surface area (Å²) >= 11 is 0. The summed E-state index contributed by atoms with van der Waals surface area (Å²) in [6.07, 6.45) is 3.82. The van der Waals surface area contributed by atoms with Crippen LogP contribution in [0.2, 0.25) is 0 Å². The van der Waals surface area contributed by atoms with Gasteiger partial charge in [0.25, 0.3) is 0 Å². The predicted octanol–water partition coefficient (Wildman–Crippen LogP) is 2.92. The lowest BCUT2D eigenvalue weighted by Gasteiger charge is -2.30. The minimum Gasteiger partial charge on any atom is -0.423 e. The highest BCUT2D eigenvalue weighted by atomic mass is 19.1. The molecule has 1 spiro atoms. The van der Waals surface area contributed by atoms with Gasteiger partial charge in [0.1, 0.15) is 23.3 Å². The molecule has 4 nitrogen and oxygen atoms in total. The average molecular weight is 410 g/mol. The number of allylic oxidation sites excluding steroid dienone is 1. The predicted molar refractivity (Wildman–Crippen MR) is 99.0 cm³/mol. The lowest BCUT2D eigenvalue weighted by Crippen LogP contribution is -2.32. The highest BCUT2D eigenvalue weighted by molar-refractivity contribution is 6.58. The molecule has 0 aromatic heterocycles. The number of benzene rings is 2. The second-order valence-corrected chi connectivity index (χ2v) is 6.70.